The number of aromatic nitrogens is 3. The minimum Gasteiger partial charge on any atom is -0.377 e. The molecule has 41 heavy (non-hydrogen) atoms. The van der Waals surface area contributed by atoms with Gasteiger partial charge in [0.25, 0.3) is 10.0 Å². The number of sulfonamides is 1. The van der Waals surface area contributed by atoms with Crippen LogP contribution in [0.4, 0.5) is 17.5 Å². The number of hydrogen-bond acceptors (Lipinski definition) is 9. The Hall–Kier alpha value is -3.96. The summed E-state index contributed by atoms with van der Waals surface area (Å²) in [5.74, 6) is 3.19. The summed E-state index contributed by atoms with van der Waals surface area (Å²) in [7, 11) is -3.95. The van der Waals surface area contributed by atoms with Crippen LogP contribution in [0.3, 0.4) is 0 Å². The van der Waals surface area contributed by atoms with E-state index in [1.807, 2.05) is 44.2 Å². The zero-order chi connectivity index (χ0) is 29.0. The van der Waals surface area contributed by atoms with E-state index < -0.39 is 10.0 Å². The Labute approximate surface area is 241 Å². The van der Waals surface area contributed by atoms with E-state index in [2.05, 4.69) is 36.1 Å². The Morgan fingerprint density at radius 1 is 1.00 bits per heavy atom. The summed E-state index contributed by atoms with van der Waals surface area (Å²) in [5, 5.41) is 7.31. The second-order valence-corrected chi connectivity index (χ2v) is 11.8. The van der Waals surface area contributed by atoms with Crippen molar-refractivity contribution in [1.29, 1.82) is 0 Å². The van der Waals surface area contributed by atoms with Crippen LogP contribution in [0.25, 0.3) is 11.1 Å². The molecule has 0 bridgehead atoms. The van der Waals surface area contributed by atoms with Crippen LogP contribution in [0, 0.1) is 20.8 Å². The van der Waals surface area contributed by atoms with Gasteiger partial charge in [-0.1, -0.05) is 41.6 Å². The number of anilines is 3. The van der Waals surface area contributed by atoms with Crippen molar-refractivity contribution in [1.82, 2.24) is 15.1 Å². The largest absolute Gasteiger partial charge is 0.377 e. The lowest BCUT2D eigenvalue weighted by molar-refractivity contribution is 0.134. The molecule has 1 fully saturated rings. The quantitative estimate of drug-likeness (QED) is 0.235. The molecule has 2 N–H and O–H groups in total. The zero-order valence-corrected chi connectivity index (χ0v) is 24.7. The van der Waals surface area contributed by atoms with E-state index in [4.69, 9.17) is 9.26 Å². The molecule has 1 saturated heterocycles. The van der Waals surface area contributed by atoms with E-state index in [9.17, 15) is 8.42 Å². The molecule has 0 spiro atoms. The van der Waals surface area contributed by atoms with Crippen LogP contribution >= 0.6 is 0 Å². The van der Waals surface area contributed by atoms with Gasteiger partial charge in [0.05, 0.1) is 11.5 Å². The summed E-state index contributed by atoms with van der Waals surface area (Å²) in [6, 6.07) is 14.9. The fourth-order valence-electron chi connectivity index (χ4n) is 4.91. The van der Waals surface area contributed by atoms with Crippen LogP contribution in [0.15, 0.2) is 57.9 Å². The van der Waals surface area contributed by atoms with Crippen molar-refractivity contribution in [2.45, 2.75) is 58.6 Å². The van der Waals surface area contributed by atoms with E-state index in [0.29, 0.717) is 36.6 Å². The van der Waals surface area contributed by atoms with Gasteiger partial charge in [0, 0.05) is 43.4 Å². The molecule has 0 radical (unpaired) electrons. The molecule has 1 aliphatic heterocycles. The monoisotopic (exact) mass is 576 g/mol. The highest BCUT2D eigenvalue weighted by Crippen LogP contribution is 2.33. The van der Waals surface area contributed by atoms with E-state index in [1.54, 1.807) is 26.0 Å². The summed E-state index contributed by atoms with van der Waals surface area (Å²) in [6.45, 7) is 10.8. The van der Waals surface area contributed by atoms with Gasteiger partial charge >= 0.3 is 0 Å². The van der Waals surface area contributed by atoms with Crippen LogP contribution in [0.1, 0.15) is 48.0 Å². The van der Waals surface area contributed by atoms with Gasteiger partial charge in [-0.2, -0.15) is 0 Å². The Morgan fingerprint density at radius 2 is 1.78 bits per heavy atom. The van der Waals surface area contributed by atoms with Crippen molar-refractivity contribution < 1.29 is 17.7 Å². The summed E-state index contributed by atoms with van der Waals surface area (Å²) in [6.07, 6.45) is 2.36. The topological polar surface area (TPSA) is 122 Å². The highest BCUT2D eigenvalue weighted by atomic mass is 32.2. The second-order valence-electron chi connectivity index (χ2n) is 10.1. The molecule has 10 nitrogen and oxygen atoms in total. The van der Waals surface area contributed by atoms with E-state index in [0.717, 1.165) is 47.2 Å². The molecule has 3 heterocycles. The first-order valence-corrected chi connectivity index (χ1v) is 15.3. The van der Waals surface area contributed by atoms with Crippen molar-refractivity contribution in [3.8, 4) is 11.1 Å². The lowest BCUT2D eigenvalue weighted by atomic mass is 9.97. The minimum absolute atomic E-state index is 0.148. The molecule has 0 atom stereocenters. The maximum atomic E-state index is 13.5. The second kappa shape index (κ2) is 12.3. The molecule has 4 aromatic rings. The van der Waals surface area contributed by atoms with Crippen LogP contribution in [-0.2, 0) is 27.9 Å². The number of benzene rings is 2. The molecule has 0 amide bonds. The third kappa shape index (κ3) is 6.52. The average Bonchev–Trinajstić information content (AvgIpc) is 3.61. The molecule has 2 aromatic carbocycles. The molecule has 1 aliphatic rings. The standard InChI is InChI=1S/C30H36N6O4S/c1-5-39-19-24-16-23(18-31-28-17-29(33-22(4)32-28)36-14-8-9-15-36)12-13-25(24)26-10-6-7-11-27(26)41(37,38)35-30-20(2)21(3)40-34-30/h6-7,10-13,16-17H,5,8-9,14-15,18-19H2,1-4H3,(H,34,35)(H,31,32,33). The first kappa shape index (κ1) is 28.6. The van der Waals surface area contributed by atoms with Gasteiger partial charge in [-0.05, 0) is 63.3 Å². The van der Waals surface area contributed by atoms with Crippen molar-refractivity contribution in [3.05, 3.63) is 76.8 Å². The normalized spacial score (nSPS) is 13.5. The molecule has 216 valence electrons. The summed E-state index contributed by atoms with van der Waals surface area (Å²) in [5.41, 5.74) is 3.92. The number of nitrogens with zero attached hydrogens (tertiary/aromatic N) is 4. The molecule has 2 aromatic heterocycles. The smallest absolute Gasteiger partial charge is 0.263 e. The predicted molar refractivity (Wildman–Crippen MR) is 160 cm³/mol. The van der Waals surface area contributed by atoms with Crippen molar-refractivity contribution >= 4 is 27.5 Å². The highest BCUT2D eigenvalue weighted by Gasteiger charge is 2.23. The summed E-state index contributed by atoms with van der Waals surface area (Å²) < 4.78 is 40.6. The lowest BCUT2D eigenvalue weighted by Crippen LogP contribution is -2.20. The van der Waals surface area contributed by atoms with E-state index >= 15 is 0 Å². The lowest BCUT2D eigenvalue weighted by Gasteiger charge is -2.18. The summed E-state index contributed by atoms with van der Waals surface area (Å²) in [4.78, 5) is 11.6. The Bertz CT molecular complexity index is 1630. The minimum atomic E-state index is -3.95. The molecule has 11 heteroatoms. The van der Waals surface area contributed by atoms with Crippen LogP contribution < -0.4 is 14.9 Å². The van der Waals surface area contributed by atoms with Gasteiger partial charge in [-0.15, -0.1) is 0 Å². The summed E-state index contributed by atoms with van der Waals surface area (Å²) >= 11 is 0. The van der Waals surface area contributed by atoms with Crippen LogP contribution in [-0.4, -0.2) is 43.2 Å². The molecule has 5 rings (SSSR count). The zero-order valence-electron chi connectivity index (χ0n) is 23.9. The maximum Gasteiger partial charge on any atom is 0.263 e. The maximum absolute atomic E-state index is 13.5. The van der Waals surface area contributed by atoms with Crippen molar-refractivity contribution in [2.75, 3.05) is 34.6 Å². The van der Waals surface area contributed by atoms with E-state index in [-0.39, 0.29) is 10.7 Å². The third-order valence-electron chi connectivity index (χ3n) is 7.21. The van der Waals surface area contributed by atoms with Gasteiger partial charge in [0.1, 0.15) is 23.2 Å². The van der Waals surface area contributed by atoms with Gasteiger partial charge in [-0.3, -0.25) is 4.72 Å². The molecule has 0 unspecified atom stereocenters. The fourth-order valence-corrected chi connectivity index (χ4v) is 6.19. The van der Waals surface area contributed by atoms with Gasteiger partial charge in [0.2, 0.25) is 0 Å². The van der Waals surface area contributed by atoms with Gasteiger partial charge in [-0.25, -0.2) is 18.4 Å². The predicted octanol–water partition coefficient (Wildman–Crippen LogP) is 5.61. The van der Waals surface area contributed by atoms with Crippen molar-refractivity contribution in [3.63, 3.8) is 0 Å². The third-order valence-corrected chi connectivity index (χ3v) is 8.61. The van der Waals surface area contributed by atoms with Crippen LogP contribution in [0.5, 0.6) is 0 Å². The Morgan fingerprint density at radius 3 is 2.51 bits per heavy atom. The first-order chi connectivity index (χ1) is 19.7. The first-order valence-electron chi connectivity index (χ1n) is 13.8. The number of rotatable bonds is 11. The van der Waals surface area contributed by atoms with Gasteiger partial charge < -0.3 is 19.5 Å². The Kier molecular flexibility index (Phi) is 8.55. The Balaban J connectivity index is 1.43. The average molecular weight is 577 g/mol. The molecular weight excluding hydrogens is 540 g/mol. The molecule has 0 aliphatic carbocycles. The van der Waals surface area contributed by atoms with Crippen molar-refractivity contribution in [2.24, 2.45) is 0 Å². The molecule has 0 saturated carbocycles. The number of hydrogen-bond donors (Lipinski definition) is 2. The fraction of sp³-hybridized carbons (Fsp3) is 0.367. The van der Waals surface area contributed by atoms with Crippen LogP contribution in [0.2, 0.25) is 0 Å². The van der Waals surface area contributed by atoms with E-state index in [1.165, 1.54) is 12.8 Å². The highest BCUT2D eigenvalue weighted by molar-refractivity contribution is 7.92. The number of nitrogens with one attached hydrogen (secondary N) is 2. The number of aryl methyl sites for hydroxylation is 2. The van der Waals surface area contributed by atoms with Gasteiger partial charge in [0.15, 0.2) is 5.82 Å². The SMILES string of the molecule is CCOCc1cc(CNc2cc(N3CCCC3)nc(C)n2)ccc1-c1ccccc1S(=O)(=O)Nc1noc(C)c1C. The molecular formula is C30H36N6O4S. The number of ether oxygens (including phenoxy) is 1.